The third-order valence-corrected chi connectivity index (χ3v) is 5.94. The van der Waals surface area contributed by atoms with Crippen molar-refractivity contribution in [3.63, 3.8) is 0 Å². The second-order valence-electron chi connectivity index (χ2n) is 8.37. The van der Waals surface area contributed by atoms with Crippen LogP contribution in [0.25, 0.3) is 16.7 Å². The van der Waals surface area contributed by atoms with E-state index in [0.717, 1.165) is 46.8 Å². The van der Waals surface area contributed by atoms with E-state index >= 15 is 0 Å². The van der Waals surface area contributed by atoms with Gasteiger partial charge in [-0.1, -0.05) is 18.1 Å². The first-order valence-corrected chi connectivity index (χ1v) is 11.2. The lowest BCUT2D eigenvalue weighted by molar-refractivity contribution is -0.120. The van der Waals surface area contributed by atoms with Gasteiger partial charge in [-0.15, -0.1) is 5.10 Å². The Morgan fingerprint density at radius 1 is 1.09 bits per heavy atom. The highest BCUT2D eigenvalue weighted by atomic mass is 19.1. The molecule has 0 bridgehead atoms. The average Bonchev–Trinajstić information content (AvgIpc) is 3.62. The fourth-order valence-corrected chi connectivity index (χ4v) is 4.15. The van der Waals surface area contributed by atoms with Crippen LogP contribution in [-0.4, -0.2) is 48.1 Å². The zero-order valence-electron chi connectivity index (χ0n) is 18.6. The van der Waals surface area contributed by atoms with Crippen LogP contribution in [-0.2, 0) is 11.3 Å². The van der Waals surface area contributed by atoms with Gasteiger partial charge in [0.15, 0.2) is 5.65 Å². The Morgan fingerprint density at radius 2 is 1.91 bits per heavy atom. The number of fused-ring (bicyclic) bond motifs is 1. The summed E-state index contributed by atoms with van der Waals surface area (Å²) in [6, 6.07) is 5.04. The summed E-state index contributed by atoms with van der Waals surface area (Å²) in [6.45, 7) is -0.260. The van der Waals surface area contributed by atoms with Gasteiger partial charge in [-0.25, -0.2) is 23.1 Å². The summed E-state index contributed by atoms with van der Waals surface area (Å²) in [7, 11) is 0. The first kappa shape index (κ1) is 22.6. The molecule has 0 spiro atoms. The summed E-state index contributed by atoms with van der Waals surface area (Å²) in [5.41, 5.74) is 1.32. The Labute approximate surface area is 198 Å². The van der Waals surface area contributed by atoms with Crippen LogP contribution < -0.4 is 10.6 Å². The number of nitrogens with zero attached hydrogens (tertiary/aromatic N) is 6. The van der Waals surface area contributed by atoms with E-state index in [-0.39, 0.29) is 18.8 Å². The predicted molar refractivity (Wildman–Crippen MR) is 120 cm³/mol. The number of hydrogen-bond acceptors (Lipinski definition) is 6. The van der Waals surface area contributed by atoms with E-state index in [1.807, 2.05) is 4.68 Å². The summed E-state index contributed by atoms with van der Waals surface area (Å²) in [5.74, 6) is -2.16. The monoisotopic (exact) mass is 480 g/mol. The Bertz CT molecular complexity index is 1390. The van der Waals surface area contributed by atoms with Crippen LogP contribution in [0, 0.1) is 11.6 Å². The number of halogens is 2. The van der Waals surface area contributed by atoms with Crippen molar-refractivity contribution in [1.82, 2.24) is 40.4 Å². The molecular formula is C23H22F2N8O2. The normalized spacial score (nSPS) is 13.9. The lowest BCUT2D eigenvalue weighted by Gasteiger charge is -2.10. The van der Waals surface area contributed by atoms with Gasteiger partial charge in [0.2, 0.25) is 5.91 Å². The van der Waals surface area contributed by atoms with Gasteiger partial charge in [0.05, 0.1) is 37.1 Å². The summed E-state index contributed by atoms with van der Waals surface area (Å²) in [5, 5.41) is 18.0. The van der Waals surface area contributed by atoms with E-state index in [4.69, 9.17) is 0 Å². The van der Waals surface area contributed by atoms with Gasteiger partial charge in [-0.2, -0.15) is 5.10 Å². The smallest absolute Gasteiger partial charge is 0.253 e. The van der Waals surface area contributed by atoms with E-state index in [9.17, 15) is 18.4 Å². The second-order valence-corrected chi connectivity index (χ2v) is 8.37. The molecule has 35 heavy (non-hydrogen) atoms. The van der Waals surface area contributed by atoms with Crippen molar-refractivity contribution in [2.24, 2.45) is 0 Å². The maximum Gasteiger partial charge on any atom is 0.253 e. The van der Waals surface area contributed by atoms with Crippen LogP contribution in [0.1, 0.15) is 47.8 Å². The van der Waals surface area contributed by atoms with E-state index < -0.39 is 23.4 Å². The number of carbonyl (C=O) groups is 2. The SMILES string of the molecule is O=C(CNC(=O)c1cnc2c(cnn2C2CCCC2)c1)NCc1cn(-c2cc(F)ccc2F)nn1. The topological polar surface area (TPSA) is 120 Å². The Kier molecular flexibility index (Phi) is 6.17. The first-order chi connectivity index (χ1) is 17.0. The fraction of sp³-hybridized carbons (Fsp3) is 0.304. The molecule has 0 saturated heterocycles. The highest BCUT2D eigenvalue weighted by molar-refractivity contribution is 5.98. The van der Waals surface area contributed by atoms with Crippen molar-refractivity contribution in [3.05, 3.63) is 65.7 Å². The number of benzene rings is 1. The molecule has 0 aliphatic heterocycles. The molecule has 1 saturated carbocycles. The largest absolute Gasteiger partial charge is 0.349 e. The van der Waals surface area contributed by atoms with Gasteiger partial charge in [0.25, 0.3) is 5.91 Å². The Balaban J connectivity index is 1.14. The number of aromatic nitrogens is 6. The average molecular weight is 480 g/mol. The molecule has 1 aromatic carbocycles. The Hall–Kier alpha value is -4.22. The van der Waals surface area contributed by atoms with E-state index in [0.29, 0.717) is 17.3 Å². The molecule has 1 fully saturated rings. The van der Waals surface area contributed by atoms with Gasteiger partial charge < -0.3 is 10.6 Å². The van der Waals surface area contributed by atoms with Crippen molar-refractivity contribution < 1.29 is 18.4 Å². The van der Waals surface area contributed by atoms with Crippen molar-refractivity contribution in [2.45, 2.75) is 38.3 Å². The van der Waals surface area contributed by atoms with Gasteiger partial charge in [0, 0.05) is 17.6 Å². The second kappa shape index (κ2) is 9.57. The number of carbonyl (C=O) groups excluding carboxylic acids is 2. The van der Waals surface area contributed by atoms with Crippen LogP contribution >= 0.6 is 0 Å². The van der Waals surface area contributed by atoms with Gasteiger partial charge >= 0.3 is 0 Å². The molecule has 2 amide bonds. The molecule has 10 nitrogen and oxygen atoms in total. The molecule has 1 aliphatic carbocycles. The molecule has 5 rings (SSSR count). The molecule has 2 N–H and O–H groups in total. The lowest BCUT2D eigenvalue weighted by atomic mass is 10.2. The van der Waals surface area contributed by atoms with Crippen molar-refractivity contribution >= 4 is 22.8 Å². The van der Waals surface area contributed by atoms with Crippen LogP contribution in [0.4, 0.5) is 8.78 Å². The number of rotatable bonds is 7. The van der Waals surface area contributed by atoms with Crippen LogP contribution in [0.15, 0.2) is 42.9 Å². The molecule has 4 aromatic rings. The number of nitrogens with one attached hydrogen (secondary N) is 2. The molecular weight excluding hydrogens is 458 g/mol. The molecule has 3 heterocycles. The van der Waals surface area contributed by atoms with Crippen LogP contribution in [0.2, 0.25) is 0 Å². The molecule has 0 unspecified atom stereocenters. The molecule has 0 atom stereocenters. The summed E-state index contributed by atoms with van der Waals surface area (Å²) in [4.78, 5) is 29.1. The van der Waals surface area contributed by atoms with Crippen LogP contribution in [0.3, 0.4) is 0 Å². The molecule has 12 heteroatoms. The van der Waals surface area contributed by atoms with Gasteiger partial charge in [0.1, 0.15) is 23.0 Å². The number of hydrogen-bond donors (Lipinski definition) is 2. The third-order valence-electron chi connectivity index (χ3n) is 5.94. The quantitative estimate of drug-likeness (QED) is 0.419. The maximum atomic E-state index is 13.9. The molecule has 0 radical (unpaired) electrons. The summed E-state index contributed by atoms with van der Waals surface area (Å²) >= 11 is 0. The third kappa shape index (κ3) is 4.86. The molecule has 3 aromatic heterocycles. The highest BCUT2D eigenvalue weighted by Crippen LogP contribution is 2.31. The zero-order valence-corrected chi connectivity index (χ0v) is 18.6. The van der Waals surface area contributed by atoms with Crippen molar-refractivity contribution in [3.8, 4) is 5.69 Å². The number of amides is 2. The molecule has 180 valence electrons. The zero-order chi connectivity index (χ0) is 24.4. The lowest BCUT2D eigenvalue weighted by Crippen LogP contribution is -2.36. The van der Waals surface area contributed by atoms with Gasteiger partial charge in [-0.3, -0.25) is 9.59 Å². The van der Waals surface area contributed by atoms with Crippen molar-refractivity contribution in [2.75, 3.05) is 6.54 Å². The summed E-state index contributed by atoms with van der Waals surface area (Å²) in [6.07, 6.45) is 9.07. The Morgan fingerprint density at radius 3 is 2.74 bits per heavy atom. The maximum absolute atomic E-state index is 13.9. The minimum atomic E-state index is -0.659. The van der Waals surface area contributed by atoms with Crippen LogP contribution in [0.5, 0.6) is 0 Å². The minimum absolute atomic E-state index is 0.000491. The van der Waals surface area contributed by atoms with Gasteiger partial charge in [-0.05, 0) is 31.0 Å². The highest BCUT2D eigenvalue weighted by Gasteiger charge is 2.20. The van der Waals surface area contributed by atoms with Crippen molar-refractivity contribution in [1.29, 1.82) is 0 Å². The minimum Gasteiger partial charge on any atom is -0.349 e. The van der Waals surface area contributed by atoms with E-state index in [1.54, 1.807) is 12.3 Å². The first-order valence-electron chi connectivity index (χ1n) is 11.2. The van der Waals surface area contributed by atoms with E-state index in [2.05, 4.69) is 31.0 Å². The predicted octanol–water partition coefficient (Wildman–Crippen LogP) is 2.45. The van der Waals surface area contributed by atoms with E-state index in [1.165, 1.54) is 25.2 Å². The standard InChI is InChI=1S/C23H22F2N8O2/c24-16-5-6-19(25)20(8-16)32-13-17(30-31-32)11-26-21(34)12-28-23(35)15-7-14-10-29-33(22(14)27-9-15)18-3-1-2-4-18/h5-10,13,18H,1-4,11-12H2,(H,26,34)(H,28,35). The number of pyridine rings is 1. The molecule has 1 aliphatic rings. The summed E-state index contributed by atoms with van der Waals surface area (Å²) < 4.78 is 30.3. The fourth-order valence-electron chi connectivity index (χ4n) is 4.15.